The highest BCUT2D eigenvalue weighted by molar-refractivity contribution is 7.99. The molecule has 12 heavy (non-hydrogen) atoms. The van der Waals surface area contributed by atoms with Crippen molar-refractivity contribution in [2.45, 2.75) is 17.2 Å². The lowest BCUT2D eigenvalue weighted by atomic mass is 10.0. The van der Waals surface area contributed by atoms with E-state index in [-0.39, 0.29) is 0 Å². The minimum atomic E-state index is 0.488. The SMILES string of the molecule is NCC1CCSc2cccnc21. The van der Waals surface area contributed by atoms with Crippen LogP contribution >= 0.6 is 11.8 Å². The van der Waals surface area contributed by atoms with Crippen molar-refractivity contribution in [1.29, 1.82) is 0 Å². The molecule has 1 aliphatic heterocycles. The second kappa shape index (κ2) is 3.46. The lowest BCUT2D eigenvalue weighted by molar-refractivity contribution is 0.635. The molecule has 0 aliphatic carbocycles. The first-order valence-electron chi connectivity index (χ1n) is 4.19. The van der Waals surface area contributed by atoms with Crippen LogP contribution in [0.3, 0.4) is 0 Å². The Morgan fingerprint density at radius 3 is 3.42 bits per heavy atom. The summed E-state index contributed by atoms with van der Waals surface area (Å²) in [5.74, 6) is 1.67. The van der Waals surface area contributed by atoms with Crippen LogP contribution in [-0.4, -0.2) is 17.3 Å². The number of hydrogen-bond donors (Lipinski definition) is 1. The van der Waals surface area contributed by atoms with Gasteiger partial charge < -0.3 is 5.73 Å². The second-order valence-corrected chi connectivity index (χ2v) is 4.09. The molecule has 0 saturated carbocycles. The Balaban J connectivity index is 2.37. The number of rotatable bonds is 1. The fourth-order valence-electron chi connectivity index (χ4n) is 1.51. The van der Waals surface area contributed by atoms with Crippen molar-refractivity contribution >= 4 is 11.8 Å². The summed E-state index contributed by atoms with van der Waals surface area (Å²) in [7, 11) is 0. The number of hydrogen-bond acceptors (Lipinski definition) is 3. The fourth-order valence-corrected chi connectivity index (χ4v) is 2.67. The van der Waals surface area contributed by atoms with Gasteiger partial charge in [0, 0.05) is 23.6 Å². The van der Waals surface area contributed by atoms with Crippen molar-refractivity contribution < 1.29 is 0 Å². The summed E-state index contributed by atoms with van der Waals surface area (Å²) in [6, 6.07) is 4.12. The van der Waals surface area contributed by atoms with Gasteiger partial charge in [-0.3, -0.25) is 4.98 Å². The molecule has 0 saturated heterocycles. The Bertz CT molecular complexity index is 275. The van der Waals surface area contributed by atoms with E-state index in [1.807, 2.05) is 24.0 Å². The van der Waals surface area contributed by atoms with Crippen LogP contribution in [0.5, 0.6) is 0 Å². The first-order chi connectivity index (χ1) is 5.92. The van der Waals surface area contributed by atoms with Crippen molar-refractivity contribution in [3.63, 3.8) is 0 Å². The number of nitrogens with two attached hydrogens (primary N) is 1. The van der Waals surface area contributed by atoms with E-state index >= 15 is 0 Å². The normalized spacial score (nSPS) is 21.9. The van der Waals surface area contributed by atoms with Gasteiger partial charge in [-0.05, 0) is 24.3 Å². The maximum atomic E-state index is 5.67. The van der Waals surface area contributed by atoms with Gasteiger partial charge in [0.25, 0.3) is 0 Å². The van der Waals surface area contributed by atoms with Crippen LogP contribution in [0.25, 0.3) is 0 Å². The van der Waals surface area contributed by atoms with Crippen molar-refractivity contribution in [3.05, 3.63) is 24.0 Å². The van der Waals surface area contributed by atoms with Crippen molar-refractivity contribution in [3.8, 4) is 0 Å². The first kappa shape index (κ1) is 8.08. The minimum Gasteiger partial charge on any atom is -0.330 e. The Labute approximate surface area is 76.6 Å². The molecule has 3 heteroatoms. The molecule has 0 aromatic carbocycles. The van der Waals surface area contributed by atoms with E-state index < -0.39 is 0 Å². The highest BCUT2D eigenvalue weighted by Gasteiger charge is 2.19. The number of aromatic nitrogens is 1. The monoisotopic (exact) mass is 180 g/mol. The molecule has 0 bridgehead atoms. The molecule has 1 aromatic rings. The van der Waals surface area contributed by atoms with Crippen LogP contribution in [-0.2, 0) is 0 Å². The van der Waals surface area contributed by atoms with E-state index in [1.54, 1.807) is 0 Å². The van der Waals surface area contributed by atoms with Gasteiger partial charge in [-0.25, -0.2) is 0 Å². The summed E-state index contributed by atoms with van der Waals surface area (Å²) in [6.45, 7) is 0.727. The zero-order valence-corrected chi connectivity index (χ0v) is 7.68. The van der Waals surface area contributed by atoms with Gasteiger partial charge in [0.2, 0.25) is 0 Å². The molecule has 1 atom stereocenters. The van der Waals surface area contributed by atoms with Gasteiger partial charge in [0.05, 0.1) is 5.69 Å². The number of fused-ring (bicyclic) bond motifs is 1. The van der Waals surface area contributed by atoms with E-state index in [9.17, 15) is 0 Å². The summed E-state index contributed by atoms with van der Waals surface area (Å²) in [5.41, 5.74) is 6.87. The molecule has 2 heterocycles. The lowest BCUT2D eigenvalue weighted by Gasteiger charge is -2.21. The maximum Gasteiger partial charge on any atom is 0.0582 e. The molecule has 1 aliphatic rings. The Hall–Kier alpha value is -0.540. The Morgan fingerprint density at radius 2 is 2.58 bits per heavy atom. The van der Waals surface area contributed by atoms with Gasteiger partial charge in [-0.1, -0.05) is 0 Å². The largest absolute Gasteiger partial charge is 0.330 e. The predicted molar refractivity (Wildman–Crippen MR) is 51.4 cm³/mol. The van der Waals surface area contributed by atoms with Crippen LogP contribution in [0.4, 0.5) is 0 Å². The molecular formula is C9H12N2S. The summed E-state index contributed by atoms with van der Waals surface area (Å²) in [6.07, 6.45) is 3.03. The van der Waals surface area contributed by atoms with E-state index in [1.165, 1.54) is 22.8 Å². The third-order valence-corrected chi connectivity index (χ3v) is 3.29. The van der Waals surface area contributed by atoms with E-state index in [2.05, 4.69) is 11.1 Å². The smallest absolute Gasteiger partial charge is 0.0582 e. The molecule has 0 radical (unpaired) electrons. The number of thioether (sulfide) groups is 1. The average molecular weight is 180 g/mol. The zero-order chi connectivity index (χ0) is 8.39. The van der Waals surface area contributed by atoms with E-state index in [4.69, 9.17) is 5.73 Å². The number of pyridine rings is 1. The summed E-state index contributed by atoms with van der Waals surface area (Å²) in [5, 5.41) is 0. The van der Waals surface area contributed by atoms with Gasteiger partial charge in [0.15, 0.2) is 0 Å². The fraction of sp³-hybridized carbons (Fsp3) is 0.444. The van der Waals surface area contributed by atoms with Crippen LogP contribution in [0.15, 0.2) is 23.2 Å². The molecule has 2 N–H and O–H groups in total. The van der Waals surface area contributed by atoms with Crippen molar-refractivity contribution in [2.75, 3.05) is 12.3 Å². The third kappa shape index (κ3) is 1.34. The second-order valence-electron chi connectivity index (χ2n) is 2.96. The predicted octanol–water partition coefficient (Wildman–Crippen LogP) is 1.62. The summed E-state index contributed by atoms with van der Waals surface area (Å²) in [4.78, 5) is 5.69. The van der Waals surface area contributed by atoms with E-state index in [0.29, 0.717) is 5.92 Å². The topological polar surface area (TPSA) is 38.9 Å². The van der Waals surface area contributed by atoms with Crippen molar-refractivity contribution in [2.24, 2.45) is 5.73 Å². The molecule has 0 fully saturated rings. The summed E-state index contributed by atoms with van der Waals surface area (Å²) >= 11 is 1.89. The lowest BCUT2D eigenvalue weighted by Crippen LogP contribution is -2.18. The molecule has 0 amide bonds. The molecule has 2 rings (SSSR count). The van der Waals surface area contributed by atoms with Crippen LogP contribution in [0.1, 0.15) is 18.0 Å². The first-order valence-corrected chi connectivity index (χ1v) is 5.18. The summed E-state index contributed by atoms with van der Waals surface area (Å²) < 4.78 is 0. The molecule has 2 nitrogen and oxygen atoms in total. The number of nitrogens with zero attached hydrogens (tertiary/aromatic N) is 1. The Morgan fingerprint density at radius 1 is 1.67 bits per heavy atom. The minimum absolute atomic E-state index is 0.488. The third-order valence-electron chi connectivity index (χ3n) is 2.19. The quantitative estimate of drug-likeness (QED) is 0.713. The molecule has 1 unspecified atom stereocenters. The van der Waals surface area contributed by atoms with E-state index in [0.717, 1.165) is 6.54 Å². The van der Waals surface area contributed by atoms with Crippen LogP contribution in [0, 0.1) is 0 Å². The molecule has 1 aromatic heterocycles. The van der Waals surface area contributed by atoms with Gasteiger partial charge in [-0.15, -0.1) is 11.8 Å². The molecule has 64 valence electrons. The molecular weight excluding hydrogens is 168 g/mol. The average Bonchev–Trinajstić information content (AvgIpc) is 2.17. The van der Waals surface area contributed by atoms with Crippen molar-refractivity contribution in [1.82, 2.24) is 4.98 Å². The van der Waals surface area contributed by atoms with Crippen LogP contribution in [0.2, 0.25) is 0 Å². The van der Waals surface area contributed by atoms with Gasteiger partial charge >= 0.3 is 0 Å². The highest BCUT2D eigenvalue weighted by Crippen LogP contribution is 2.34. The zero-order valence-electron chi connectivity index (χ0n) is 6.86. The van der Waals surface area contributed by atoms with Crippen LogP contribution < -0.4 is 5.73 Å². The maximum absolute atomic E-state index is 5.67. The van der Waals surface area contributed by atoms with Gasteiger partial charge in [-0.2, -0.15) is 0 Å². The van der Waals surface area contributed by atoms with Gasteiger partial charge in [0.1, 0.15) is 0 Å². The Kier molecular flexibility index (Phi) is 2.33. The highest BCUT2D eigenvalue weighted by atomic mass is 32.2. The standard InChI is InChI=1S/C9H12N2S/c10-6-7-3-5-12-8-2-1-4-11-9(7)8/h1-2,4,7H,3,5-6,10H2. The molecule has 0 spiro atoms.